The molecule has 3 rings (SSSR count). The summed E-state index contributed by atoms with van der Waals surface area (Å²) in [7, 11) is 1.63. The van der Waals surface area contributed by atoms with Gasteiger partial charge in [-0.15, -0.1) is 11.3 Å². The Bertz CT molecular complexity index is 1020. The molecule has 0 radical (unpaired) electrons. The van der Waals surface area contributed by atoms with E-state index in [9.17, 15) is 4.79 Å². The summed E-state index contributed by atoms with van der Waals surface area (Å²) in [5.41, 5.74) is 3.55. The van der Waals surface area contributed by atoms with Crippen LogP contribution in [0.1, 0.15) is 32.2 Å². The minimum absolute atomic E-state index is 0.0744. The first kappa shape index (κ1) is 19.7. The first-order valence-corrected chi connectivity index (χ1v) is 9.80. The fourth-order valence-corrected chi connectivity index (χ4v) is 3.82. The lowest BCUT2D eigenvalue weighted by Crippen LogP contribution is -2.06. The zero-order valence-electron chi connectivity index (χ0n) is 15.1. The van der Waals surface area contributed by atoms with E-state index in [2.05, 4.69) is 5.10 Å². The molecule has 2 heterocycles. The van der Waals surface area contributed by atoms with Gasteiger partial charge in [-0.1, -0.05) is 35.3 Å². The predicted molar refractivity (Wildman–Crippen MR) is 112 cm³/mol. The Hall–Kier alpha value is -2.08. The third-order valence-corrected chi connectivity index (χ3v) is 5.95. The van der Waals surface area contributed by atoms with Crippen molar-refractivity contribution in [2.24, 2.45) is 0 Å². The predicted octanol–water partition coefficient (Wildman–Crippen LogP) is 5.82. The normalized spacial score (nSPS) is 11.3. The summed E-state index contributed by atoms with van der Waals surface area (Å²) in [6.45, 7) is 4.34. The van der Waals surface area contributed by atoms with Crippen LogP contribution in [0.5, 0.6) is 5.75 Å². The molecule has 0 unspecified atom stereocenters. The first-order chi connectivity index (χ1) is 12.9. The number of ether oxygens (including phenoxy) is 1. The van der Waals surface area contributed by atoms with E-state index < -0.39 is 0 Å². The van der Waals surface area contributed by atoms with Gasteiger partial charge in [0.1, 0.15) is 5.75 Å². The molecule has 0 saturated carbocycles. The number of methoxy groups -OCH3 is 1. The number of aryl methyl sites for hydroxylation is 1. The number of halogens is 2. The van der Waals surface area contributed by atoms with Gasteiger partial charge in [0.05, 0.1) is 39.3 Å². The molecule has 3 aromatic rings. The minimum atomic E-state index is -0.0744. The smallest absolute Gasteiger partial charge is 0.195 e. The molecule has 1 aromatic carbocycles. The lowest BCUT2D eigenvalue weighted by Gasteiger charge is -2.11. The molecule has 27 heavy (non-hydrogen) atoms. The molecule has 0 fully saturated rings. The molecule has 0 saturated heterocycles. The second kappa shape index (κ2) is 8.30. The number of thiophene rings is 1. The lowest BCUT2D eigenvalue weighted by atomic mass is 10.1. The number of benzene rings is 1. The maximum Gasteiger partial charge on any atom is 0.195 e. The van der Waals surface area contributed by atoms with Crippen LogP contribution < -0.4 is 4.74 Å². The second-order valence-electron chi connectivity index (χ2n) is 6.02. The number of ketones is 1. The highest BCUT2D eigenvalue weighted by molar-refractivity contribution is 7.18. The van der Waals surface area contributed by atoms with Gasteiger partial charge >= 0.3 is 0 Å². The zero-order chi connectivity index (χ0) is 19.6. The van der Waals surface area contributed by atoms with Gasteiger partial charge in [-0.25, -0.2) is 0 Å². The molecule has 140 valence electrons. The van der Waals surface area contributed by atoms with E-state index in [4.69, 9.17) is 27.9 Å². The summed E-state index contributed by atoms with van der Waals surface area (Å²) in [5, 5.41) is 5.14. The number of rotatable bonds is 6. The van der Waals surface area contributed by atoms with Crippen LogP contribution in [0, 0.1) is 13.8 Å². The van der Waals surface area contributed by atoms with E-state index >= 15 is 0 Å². The topological polar surface area (TPSA) is 44.1 Å². The Kier molecular flexibility index (Phi) is 6.05. The number of nitrogens with zero attached hydrogens (tertiary/aromatic N) is 2. The van der Waals surface area contributed by atoms with Crippen LogP contribution in [0.4, 0.5) is 0 Å². The van der Waals surface area contributed by atoms with Crippen molar-refractivity contribution in [1.82, 2.24) is 9.78 Å². The molecule has 0 spiro atoms. The molecule has 0 aliphatic rings. The standard InChI is InChI=1S/C20H18Cl2N2O2S/c1-12-20(22)13(2)24(23-12)11-15-10-14(5-7-17(15)26-3)4-6-16(25)18-8-9-19(21)27-18/h4-10H,11H2,1-3H3/b6-4+. The largest absolute Gasteiger partial charge is 0.496 e. The minimum Gasteiger partial charge on any atom is -0.496 e. The summed E-state index contributed by atoms with van der Waals surface area (Å²) < 4.78 is 7.92. The van der Waals surface area contributed by atoms with E-state index in [1.165, 1.54) is 11.3 Å². The first-order valence-electron chi connectivity index (χ1n) is 8.23. The van der Waals surface area contributed by atoms with Gasteiger partial charge in [-0.2, -0.15) is 5.10 Å². The van der Waals surface area contributed by atoms with E-state index in [0.29, 0.717) is 20.8 Å². The van der Waals surface area contributed by atoms with Gasteiger partial charge in [0.15, 0.2) is 5.78 Å². The Morgan fingerprint density at radius 2 is 2.04 bits per heavy atom. The summed E-state index contributed by atoms with van der Waals surface area (Å²) >= 11 is 13.4. The Labute approximate surface area is 172 Å². The monoisotopic (exact) mass is 420 g/mol. The summed E-state index contributed by atoms with van der Waals surface area (Å²) in [6, 6.07) is 9.22. The molecule has 0 aliphatic heterocycles. The van der Waals surface area contributed by atoms with Crippen LogP contribution in [-0.4, -0.2) is 22.7 Å². The van der Waals surface area contributed by atoms with E-state index in [-0.39, 0.29) is 5.78 Å². The van der Waals surface area contributed by atoms with Crippen LogP contribution >= 0.6 is 34.5 Å². The number of hydrogen-bond donors (Lipinski definition) is 0. The van der Waals surface area contributed by atoms with Gasteiger partial charge in [0.2, 0.25) is 0 Å². The van der Waals surface area contributed by atoms with Crippen LogP contribution in [0.3, 0.4) is 0 Å². The van der Waals surface area contributed by atoms with Gasteiger partial charge in [0.25, 0.3) is 0 Å². The molecule has 0 atom stereocenters. The van der Waals surface area contributed by atoms with Crippen LogP contribution in [0.2, 0.25) is 9.36 Å². The highest BCUT2D eigenvalue weighted by Crippen LogP contribution is 2.26. The van der Waals surface area contributed by atoms with Gasteiger partial charge in [0, 0.05) is 5.56 Å². The van der Waals surface area contributed by atoms with Crippen LogP contribution in [-0.2, 0) is 6.54 Å². The van der Waals surface area contributed by atoms with Crippen LogP contribution in [0.25, 0.3) is 6.08 Å². The maximum absolute atomic E-state index is 12.2. The summed E-state index contributed by atoms with van der Waals surface area (Å²) in [6.07, 6.45) is 3.33. The number of aromatic nitrogens is 2. The second-order valence-corrected chi connectivity index (χ2v) is 8.11. The van der Waals surface area contributed by atoms with E-state index in [1.807, 2.05) is 36.7 Å². The molecule has 0 amide bonds. The SMILES string of the molecule is COc1ccc(/C=C/C(=O)c2ccc(Cl)s2)cc1Cn1nc(C)c(Cl)c1C. The molecule has 0 aliphatic carbocycles. The number of allylic oxidation sites excluding steroid dienone is 1. The number of hydrogen-bond acceptors (Lipinski definition) is 4. The van der Waals surface area contributed by atoms with Crippen molar-refractivity contribution in [3.05, 3.63) is 73.2 Å². The zero-order valence-corrected chi connectivity index (χ0v) is 17.5. The molecular weight excluding hydrogens is 403 g/mol. The quantitative estimate of drug-likeness (QED) is 0.372. The van der Waals surface area contributed by atoms with Crippen LogP contribution in [0.15, 0.2) is 36.4 Å². The fraction of sp³-hybridized carbons (Fsp3) is 0.200. The Morgan fingerprint density at radius 1 is 1.26 bits per heavy atom. The van der Waals surface area contributed by atoms with Crippen molar-refractivity contribution in [2.45, 2.75) is 20.4 Å². The molecule has 0 N–H and O–H groups in total. The Balaban J connectivity index is 1.85. The maximum atomic E-state index is 12.2. The average molecular weight is 421 g/mol. The molecule has 4 nitrogen and oxygen atoms in total. The Morgan fingerprint density at radius 3 is 2.63 bits per heavy atom. The third-order valence-electron chi connectivity index (χ3n) is 4.16. The summed E-state index contributed by atoms with van der Waals surface area (Å²) in [4.78, 5) is 12.8. The van der Waals surface area contributed by atoms with Gasteiger partial charge in [-0.3, -0.25) is 9.48 Å². The highest BCUT2D eigenvalue weighted by Gasteiger charge is 2.12. The van der Waals surface area contributed by atoms with Crippen molar-refractivity contribution in [3.8, 4) is 5.75 Å². The van der Waals surface area contributed by atoms with Crippen molar-refractivity contribution >= 4 is 46.4 Å². The molecule has 7 heteroatoms. The highest BCUT2D eigenvalue weighted by atomic mass is 35.5. The molecular formula is C20H18Cl2N2O2S. The molecule has 0 bridgehead atoms. The van der Waals surface area contributed by atoms with Gasteiger partial charge in [-0.05, 0) is 49.8 Å². The van der Waals surface area contributed by atoms with Crippen molar-refractivity contribution < 1.29 is 9.53 Å². The van der Waals surface area contributed by atoms with E-state index in [1.54, 1.807) is 31.4 Å². The number of carbonyl (C=O) groups excluding carboxylic acids is 1. The average Bonchev–Trinajstić information content (AvgIpc) is 3.19. The van der Waals surface area contributed by atoms with Crippen molar-refractivity contribution in [1.29, 1.82) is 0 Å². The third kappa shape index (κ3) is 4.43. The van der Waals surface area contributed by atoms with Crippen molar-refractivity contribution in [2.75, 3.05) is 7.11 Å². The van der Waals surface area contributed by atoms with Crippen molar-refractivity contribution in [3.63, 3.8) is 0 Å². The molecule has 2 aromatic heterocycles. The van der Waals surface area contributed by atoms with E-state index in [0.717, 1.165) is 28.3 Å². The number of carbonyl (C=O) groups is 1. The van der Waals surface area contributed by atoms with Gasteiger partial charge < -0.3 is 4.74 Å². The lowest BCUT2D eigenvalue weighted by molar-refractivity contribution is 0.105. The fourth-order valence-electron chi connectivity index (χ4n) is 2.72. The summed E-state index contributed by atoms with van der Waals surface area (Å²) in [5.74, 6) is 0.682.